The smallest absolute Gasteiger partial charge is 0.306 e. The van der Waals surface area contributed by atoms with Crippen LogP contribution in [0.1, 0.15) is 322 Å². The number of hydrogen-bond acceptors (Lipinski definition) is 8. The number of likely N-dealkylation sites (N-methyl/N-ethyl adjacent to an activating group) is 1. The lowest BCUT2D eigenvalue weighted by molar-refractivity contribution is -0.870. The highest BCUT2D eigenvalue weighted by molar-refractivity contribution is 5.70. The topological polar surface area (TPSA) is 111 Å². The summed E-state index contributed by atoms with van der Waals surface area (Å²) in [6.45, 7) is 4.54. The Hall–Kier alpha value is -4.83. The molecule has 0 aromatic carbocycles. The largest absolute Gasteiger partial charge is 0.545 e. The molecule has 0 aromatic heterocycles. The molecule has 0 spiro atoms. The second kappa shape index (κ2) is 75.0. The lowest BCUT2D eigenvalue weighted by Crippen LogP contribution is -2.44. The maximum atomic E-state index is 13.0. The zero-order valence-corrected chi connectivity index (χ0v) is 62.0. The van der Waals surface area contributed by atoms with Crippen molar-refractivity contribution in [3.05, 3.63) is 146 Å². The number of rotatable bonds is 71. The van der Waals surface area contributed by atoms with Crippen molar-refractivity contribution in [3.63, 3.8) is 0 Å². The molecule has 0 radical (unpaired) electrons. The van der Waals surface area contributed by atoms with Gasteiger partial charge in [0.1, 0.15) is 13.2 Å². The van der Waals surface area contributed by atoms with Crippen LogP contribution in [0.3, 0.4) is 0 Å². The molecular formula is C86H145NO8. The van der Waals surface area contributed by atoms with E-state index in [1.165, 1.54) is 167 Å². The number of ether oxygens (including phenoxy) is 4. The van der Waals surface area contributed by atoms with E-state index in [1.807, 2.05) is 21.1 Å². The maximum absolute atomic E-state index is 13.0. The van der Waals surface area contributed by atoms with Gasteiger partial charge in [-0.3, -0.25) is 9.59 Å². The fraction of sp³-hybridized carbons (Fsp3) is 0.686. The van der Waals surface area contributed by atoms with Crippen molar-refractivity contribution in [2.24, 2.45) is 0 Å². The highest BCUT2D eigenvalue weighted by Gasteiger charge is 2.22. The van der Waals surface area contributed by atoms with Crippen LogP contribution in [-0.4, -0.2) is 82.3 Å². The number of aliphatic carboxylic acids is 1. The highest BCUT2D eigenvalue weighted by atomic mass is 16.7. The molecule has 0 heterocycles. The third-order valence-electron chi connectivity index (χ3n) is 16.6. The van der Waals surface area contributed by atoms with Crippen LogP contribution in [0.2, 0.25) is 0 Å². The van der Waals surface area contributed by atoms with Gasteiger partial charge < -0.3 is 33.3 Å². The van der Waals surface area contributed by atoms with Gasteiger partial charge in [0.15, 0.2) is 12.4 Å². The van der Waals surface area contributed by atoms with E-state index in [4.69, 9.17) is 18.9 Å². The van der Waals surface area contributed by atoms with Gasteiger partial charge in [0, 0.05) is 12.8 Å². The molecule has 0 fully saturated rings. The minimum absolute atomic E-state index is 0.143. The number of carboxylic acids is 1. The summed E-state index contributed by atoms with van der Waals surface area (Å²) < 4.78 is 22.8. The number of nitrogens with zero attached hydrogens (tertiary/aromatic N) is 1. The molecule has 9 nitrogen and oxygen atoms in total. The van der Waals surface area contributed by atoms with E-state index >= 15 is 0 Å². The predicted molar refractivity (Wildman–Crippen MR) is 407 cm³/mol. The Balaban J connectivity index is 4.03. The van der Waals surface area contributed by atoms with Crippen LogP contribution in [0, 0.1) is 0 Å². The molecule has 0 aliphatic carbocycles. The summed E-state index contributed by atoms with van der Waals surface area (Å²) in [7, 11) is 5.93. The Labute approximate surface area is 585 Å². The van der Waals surface area contributed by atoms with Crippen molar-refractivity contribution >= 4 is 17.9 Å². The number of hydrogen-bond donors (Lipinski definition) is 0. The van der Waals surface area contributed by atoms with Gasteiger partial charge in [-0.2, -0.15) is 0 Å². The zero-order valence-electron chi connectivity index (χ0n) is 62.0. The average Bonchev–Trinajstić information content (AvgIpc) is 3.54. The van der Waals surface area contributed by atoms with E-state index in [-0.39, 0.29) is 38.6 Å². The van der Waals surface area contributed by atoms with Gasteiger partial charge in [-0.1, -0.05) is 339 Å². The lowest BCUT2D eigenvalue weighted by Gasteiger charge is -2.26. The van der Waals surface area contributed by atoms with Crippen molar-refractivity contribution in [2.45, 2.75) is 334 Å². The Morgan fingerprint density at radius 1 is 0.316 bits per heavy atom. The summed E-state index contributed by atoms with van der Waals surface area (Å²) in [4.78, 5) is 37.6. The summed E-state index contributed by atoms with van der Waals surface area (Å²) >= 11 is 0. The number of carboxylic acid groups (broad SMARTS) is 1. The quantitative estimate of drug-likeness (QED) is 0.0195. The lowest BCUT2D eigenvalue weighted by atomic mass is 10.0. The van der Waals surface area contributed by atoms with Crippen LogP contribution in [0.25, 0.3) is 0 Å². The fourth-order valence-corrected chi connectivity index (χ4v) is 10.7. The first-order valence-electron chi connectivity index (χ1n) is 39.0. The first-order valence-corrected chi connectivity index (χ1v) is 39.0. The molecule has 542 valence electrons. The van der Waals surface area contributed by atoms with Crippen molar-refractivity contribution < 1.29 is 42.9 Å². The molecule has 0 aliphatic rings. The third-order valence-corrected chi connectivity index (χ3v) is 16.6. The number of allylic oxidation sites excluding steroid dienone is 24. The van der Waals surface area contributed by atoms with Gasteiger partial charge >= 0.3 is 11.9 Å². The van der Waals surface area contributed by atoms with E-state index < -0.39 is 24.3 Å². The summed E-state index contributed by atoms with van der Waals surface area (Å²) in [5.74, 6) is -2.28. The third kappa shape index (κ3) is 76.4. The van der Waals surface area contributed by atoms with Crippen molar-refractivity contribution in [3.8, 4) is 0 Å². The fourth-order valence-electron chi connectivity index (χ4n) is 10.7. The maximum Gasteiger partial charge on any atom is 0.306 e. The highest BCUT2D eigenvalue weighted by Crippen LogP contribution is 2.18. The van der Waals surface area contributed by atoms with Gasteiger partial charge in [0.2, 0.25) is 0 Å². The monoisotopic (exact) mass is 1320 g/mol. The molecule has 0 aliphatic heterocycles. The Morgan fingerprint density at radius 3 is 0.842 bits per heavy atom. The number of carbonyl (C=O) groups excluding carboxylic acids is 3. The van der Waals surface area contributed by atoms with E-state index in [9.17, 15) is 19.5 Å². The van der Waals surface area contributed by atoms with E-state index in [0.717, 1.165) is 122 Å². The van der Waals surface area contributed by atoms with Crippen LogP contribution in [0.4, 0.5) is 0 Å². The van der Waals surface area contributed by atoms with Crippen LogP contribution < -0.4 is 5.11 Å². The second-order valence-corrected chi connectivity index (χ2v) is 26.9. The molecule has 0 aromatic rings. The molecule has 9 heteroatoms. The zero-order chi connectivity index (χ0) is 69.0. The molecule has 2 unspecified atom stereocenters. The standard InChI is InChI=1S/C86H145NO8/c1-6-8-10-12-14-16-18-20-22-24-26-28-30-32-34-36-37-38-39-40-41-42-43-44-45-46-47-49-51-53-55-57-59-61-63-65-67-69-71-73-75-77-84(89)95-82(81-94-86(85(90)91)92-79-78-87(3,4)5)80-93-83(88)76-74-72-70-68-66-64-62-60-58-56-54-52-50-48-35-33-31-29-27-25-23-21-19-17-15-13-11-9-7-2/h8-11,14-17,20-23,26-29,32-35,37-38,50,52,82,86H,6-7,12-13,18-19,24-25,30-31,36,39-49,51,53-81H2,1-5H3/b10-8-,11-9-,16-14-,17-15-,22-20-,23-21-,28-26-,29-27-,34-32-,35-33-,38-37-,52-50-. The molecule has 0 amide bonds. The molecular weight excluding hydrogens is 1170 g/mol. The Morgan fingerprint density at radius 2 is 0.568 bits per heavy atom. The Bertz CT molecular complexity index is 2080. The molecule has 2 atom stereocenters. The summed E-state index contributed by atoms with van der Waals surface area (Å²) in [6, 6.07) is 0. The predicted octanol–water partition coefficient (Wildman–Crippen LogP) is 23.7. The first-order chi connectivity index (χ1) is 46.6. The molecule has 0 rings (SSSR count). The van der Waals surface area contributed by atoms with Gasteiger partial charge in [-0.25, -0.2) is 0 Å². The van der Waals surface area contributed by atoms with Crippen LogP contribution in [0.5, 0.6) is 0 Å². The minimum atomic E-state index is -1.63. The second-order valence-electron chi connectivity index (χ2n) is 26.9. The summed E-state index contributed by atoms with van der Waals surface area (Å²) in [5, 5.41) is 11.9. The number of esters is 2. The Kier molecular flexibility index (Phi) is 71.1. The summed E-state index contributed by atoms with van der Waals surface area (Å²) in [6.07, 6.45) is 107. The first kappa shape index (κ1) is 90.2. The van der Waals surface area contributed by atoms with Crippen LogP contribution in [0.15, 0.2) is 146 Å². The van der Waals surface area contributed by atoms with E-state index in [2.05, 4.69) is 160 Å². The van der Waals surface area contributed by atoms with Gasteiger partial charge in [-0.05, 0) is 116 Å². The molecule has 95 heavy (non-hydrogen) atoms. The minimum Gasteiger partial charge on any atom is -0.545 e. The van der Waals surface area contributed by atoms with Crippen molar-refractivity contribution in [2.75, 3.05) is 47.5 Å². The van der Waals surface area contributed by atoms with Crippen molar-refractivity contribution in [1.29, 1.82) is 0 Å². The van der Waals surface area contributed by atoms with Crippen LogP contribution >= 0.6 is 0 Å². The molecule has 0 bridgehead atoms. The number of quaternary nitrogens is 1. The van der Waals surface area contributed by atoms with Gasteiger partial charge in [0.05, 0.1) is 40.3 Å². The van der Waals surface area contributed by atoms with Gasteiger partial charge in [-0.15, -0.1) is 0 Å². The van der Waals surface area contributed by atoms with Gasteiger partial charge in [0.25, 0.3) is 0 Å². The number of unbranched alkanes of at least 4 members (excludes halogenated alkanes) is 32. The van der Waals surface area contributed by atoms with E-state index in [0.29, 0.717) is 17.4 Å². The normalized spacial score (nSPS) is 13.5. The summed E-state index contributed by atoms with van der Waals surface area (Å²) in [5.41, 5.74) is 0. The number of carbonyl (C=O) groups is 3. The van der Waals surface area contributed by atoms with Crippen molar-refractivity contribution in [1.82, 2.24) is 0 Å². The average molecular weight is 1320 g/mol. The van der Waals surface area contributed by atoms with Crippen LogP contribution in [-0.2, 0) is 33.3 Å². The molecule has 0 saturated carbocycles. The molecule has 0 N–H and O–H groups in total. The SMILES string of the molecule is CC/C=C\C/C=C\C/C=C\C/C=C\C/C=C\C/C=C\CCCCCCCCCCCCCCCCCCCCCCCCC(=O)OC(COC(=O)CCCCCCCCCCCC/C=C\C/C=C\C/C=C\C/C=C\C/C=C\C/C=C\CC)COC(OCC[N+](C)(C)C)C(=O)[O-]. The van der Waals surface area contributed by atoms with E-state index in [1.54, 1.807) is 0 Å². The molecule has 0 saturated heterocycles.